The first-order chi connectivity index (χ1) is 11.2. The molecule has 0 amide bonds. The maximum absolute atomic E-state index is 9.86. The Balaban J connectivity index is 3.09. The Kier molecular flexibility index (Phi) is 18.8. The van der Waals surface area contributed by atoms with E-state index in [9.17, 15) is 5.11 Å². The Morgan fingerprint density at radius 1 is 0.826 bits per heavy atom. The van der Waals surface area contributed by atoms with Gasteiger partial charge >= 0.3 is 0 Å². The molecule has 0 saturated heterocycles. The molecular weight excluding hydrogens is 313 g/mol. The van der Waals surface area contributed by atoms with Gasteiger partial charge in [-0.05, 0) is 50.5 Å². The highest BCUT2D eigenvalue weighted by molar-refractivity contribution is 7.38. The summed E-state index contributed by atoms with van der Waals surface area (Å²) in [7, 11) is 0.973. The first-order valence-corrected chi connectivity index (χ1v) is 10.3. The van der Waals surface area contributed by atoms with Gasteiger partial charge < -0.3 is 25.1 Å². The average Bonchev–Trinajstić information content (AvgIpc) is 2.51. The molecule has 3 N–H and O–H groups in total. The van der Waals surface area contributed by atoms with Crippen molar-refractivity contribution in [2.75, 3.05) is 52.3 Å². The largest absolute Gasteiger partial charge is 0.393 e. The van der Waals surface area contributed by atoms with Crippen LogP contribution in [0.15, 0.2) is 0 Å². The molecule has 5 nitrogen and oxygen atoms in total. The lowest BCUT2D eigenvalue weighted by atomic mass is 10.1. The number of ether oxygens (including phenoxy) is 3. The predicted molar refractivity (Wildman–Crippen MR) is 98.9 cm³/mol. The summed E-state index contributed by atoms with van der Waals surface area (Å²) in [5, 5.41) is 9.86. The second kappa shape index (κ2) is 18.6. The molecule has 0 bridgehead atoms. The summed E-state index contributed by atoms with van der Waals surface area (Å²) >= 11 is 0. The van der Waals surface area contributed by atoms with Crippen LogP contribution in [0.3, 0.4) is 0 Å². The number of unbranched alkanes of at least 4 members (excludes halogenated alkanes) is 1. The number of nitrogens with two attached hydrogens (primary N) is 1. The lowest BCUT2D eigenvalue weighted by Crippen LogP contribution is -2.12. The van der Waals surface area contributed by atoms with Crippen LogP contribution in [0.25, 0.3) is 0 Å². The summed E-state index contributed by atoms with van der Waals surface area (Å²) in [6.45, 7) is 9.06. The summed E-state index contributed by atoms with van der Waals surface area (Å²) in [6.07, 6.45) is 5.79. The second-order valence-electron chi connectivity index (χ2n) is 6.03. The van der Waals surface area contributed by atoms with Crippen molar-refractivity contribution in [3.8, 4) is 0 Å². The molecule has 0 aromatic carbocycles. The lowest BCUT2D eigenvalue weighted by molar-refractivity contribution is 0.0134. The third-order valence-corrected chi connectivity index (χ3v) is 4.74. The first-order valence-electron chi connectivity index (χ1n) is 9.01. The van der Waals surface area contributed by atoms with Crippen molar-refractivity contribution in [3.63, 3.8) is 0 Å². The van der Waals surface area contributed by atoms with Crippen LogP contribution in [-0.2, 0) is 14.2 Å². The van der Waals surface area contributed by atoms with Crippen LogP contribution in [0.2, 0.25) is 0 Å². The van der Waals surface area contributed by atoms with Crippen LogP contribution in [0.4, 0.5) is 0 Å². The highest BCUT2D eigenvalue weighted by Gasteiger charge is 2.04. The van der Waals surface area contributed by atoms with Gasteiger partial charge in [-0.25, -0.2) is 0 Å². The second-order valence-corrected chi connectivity index (χ2v) is 8.09. The molecule has 0 aromatic heterocycles. The Hall–Kier alpha value is 0.230. The van der Waals surface area contributed by atoms with E-state index in [1.807, 2.05) is 0 Å². The zero-order valence-electron chi connectivity index (χ0n) is 15.1. The molecule has 0 aliphatic heterocycles. The van der Waals surface area contributed by atoms with E-state index in [0.29, 0.717) is 39.6 Å². The molecule has 0 aliphatic carbocycles. The van der Waals surface area contributed by atoms with Gasteiger partial charge in [0.15, 0.2) is 0 Å². The van der Waals surface area contributed by atoms with E-state index in [4.69, 9.17) is 19.9 Å². The summed E-state index contributed by atoms with van der Waals surface area (Å²) in [4.78, 5) is 0. The van der Waals surface area contributed by atoms with E-state index in [1.54, 1.807) is 0 Å². The standard InChI is InChI=1S/C17H38NO4P/c1-16(2)23-15-7-17(19)6-3-4-9-20-11-13-22-14-12-21-10-5-8-18/h16-17,19,23H,3-15,18H2,1-2H3. The molecule has 0 radical (unpaired) electrons. The van der Waals surface area contributed by atoms with Gasteiger partial charge in [-0.2, -0.15) is 0 Å². The number of rotatable bonds is 18. The maximum Gasteiger partial charge on any atom is 0.0701 e. The number of hydrogen-bond donors (Lipinski definition) is 2. The molecule has 0 aromatic rings. The van der Waals surface area contributed by atoms with Crippen LogP contribution < -0.4 is 5.73 Å². The van der Waals surface area contributed by atoms with Gasteiger partial charge in [-0.1, -0.05) is 13.8 Å². The van der Waals surface area contributed by atoms with Gasteiger partial charge in [0, 0.05) is 13.2 Å². The third kappa shape index (κ3) is 20.2. The fraction of sp³-hybridized carbons (Fsp3) is 1.00. The van der Waals surface area contributed by atoms with E-state index in [2.05, 4.69) is 13.8 Å². The SMILES string of the molecule is CC(C)PCCC(O)CCCCOCCOCCOCCCN. The quantitative estimate of drug-likeness (QED) is 0.293. The van der Waals surface area contributed by atoms with E-state index < -0.39 is 0 Å². The highest BCUT2D eigenvalue weighted by atomic mass is 31.1. The molecular formula is C17H38NO4P. The van der Waals surface area contributed by atoms with Crippen LogP contribution >= 0.6 is 8.58 Å². The zero-order valence-corrected chi connectivity index (χ0v) is 16.1. The molecule has 23 heavy (non-hydrogen) atoms. The van der Waals surface area contributed by atoms with Crippen molar-refractivity contribution in [1.29, 1.82) is 0 Å². The van der Waals surface area contributed by atoms with Crippen molar-refractivity contribution < 1.29 is 19.3 Å². The van der Waals surface area contributed by atoms with E-state index >= 15 is 0 Å². The Labute approximate surface area is 144 Å². The van der Waals surface area contributed by atoms with Gasteiger partial charge in [-0.3, -0.25) is 0 Å². The number of aliphatic hydroxyl groups is 1. The fourth-order valence-corrected chi connectivity index (χ4v) is 3.07. The summed E-state index contributed by atoms with van der Waals surface area (Å²) < 4.78 is 16.2. The van der Waals surface area contributed by atoms with Crippen LogP contribution in [0.1, 0.15) is 46.0 Å². The summed E-state index contributed by atoms with van der Waals surface area (Å²) in [5.41, 5.74) is 6.13. The summed E-state index contributed by atoms with van der Waals surface area (Å²) in [5.74, 6) is 0. The molecule has 0 aliphatic rings. The molecule has 0 spiro atoms. The minimum atomic E-state index is -0.135. The van der Waals surface area contributed by atoms with Crippen LogP contribution in [-0.4, -0.2) is 69.2 Å². The molecule has 2 atom stereocenters. The predicted octanol–water partition coefficient (Wildman–Crippen LogP) is 2.39. The Bertz CT molecular complexity index is 233. The molecule has 2 unspecified atom stereocenters. The minimum Gasteiger partial charge on any atom is -0.393 e. The van der Waals surface area contributed by atoms with Gasteiger partial charge in [0.2, 0.25) is 0 Å². The Morgan fingerprint density at radius 2 is 1.39 bits per heavy atom. The van der Waals surface area contributed by atoms with E-state index in [-0.39, 0.29) is 6.10 Å². The highest BCUT2D eigenvalue weighted by Crippen LogP contribution is 2.20. The zero-order chi connectivity index (χ0) is 17.2. The smallest absolute Gasteiger partial charge is 0.0701 e. The Morgan fingerprint density at radius 3 is 1.96 bits per heavy atom. The molecule has 6 heteroatoms. The number of hydrogen-bond acceptors (Lipinski definition) is 5. The third-order valence-electron chi connectivity index (χ3n) is 3.34. The van der Waals surface area contributed by atoms with Crippen LogP contribution in [0.5, 0.6) is 0 Å². The van der Waals surface area contributed by atoms with Gasteiger partial charge in [0.1, 0.15) is 0 Å². The maximum atomic E-state index is 9.86. The van der Waals surface area contributed by atoms with E-state index in [0.717, 1.165) is 59.1 Å². The van der Waals surface area contributed by atoms with Crippen molar-refractivity contribution in [2.45, 2.75) is 57.7 Å². The molecule has 0 rings (SSSR count). The normalized spacial score (nSPS) is 13.4. The lowest BCUT2D eigenvalue weighted by Gasteiger charge is -2.11. The minimum absolute atomic E-state index is 0.135. The first kappa shape index (κ1) is 23.2. The van der Waals surface area contributed by atoms with Gasteiger partial charge in [0.05, 0.1) is 32.5 Å². The fourth-order valence-electron chi connectivity index (χ4n) is 1.99. The van der Waals surface area contributed by atoms with Crippen molar-refractivity contribution in [2.24, 2.45) is 5.73 Å². The number of aliphatic hydroxyl groups excluding tert-OH is 1. The molecule has 140 valence electrons. The molecule has 0 fully saturated rings. The molecule has 0 saturated carbocycles. The summed E-state index contributed by atoms with van der Waals surface area (Å²) in [6, 6.07) is 0. The van der Waals surface area contributed by atoms with Gasteiger partial charge in [-0.15, -0.1) is 8.58 Å². The average molecular weight is 351 g/mol. The van der Waals surface area contributed by atoms with Crippen molar-refractivity contribution >= 4 is 8.58 Å². The molecule has 0 heterocycles. The van der Waals surface area contributed by atoms with E-state index in [1.165, 1.54) is 0 Å². The van der Waals surface area contributed by atoms with Crippen LogP contribution in [0, 0.1) is 0 Å². The monoisotopic (exact) mass is 351 g/mol. The van der Waals surface area contributed by atoms with Crippen molar-refractivity contribution in [3.05, 3.63) is 0 Å². The topological polar surface area (TPSA) is 73.9 Å². The van der Waals surface area contributed by atoms with Crippen molar-refractivity contribution in [1.82, 2.24) is 0 Å². The van der Waals surface area contributed by atoms with Gasteiger partial charge in [0.25, 0.3) is 0 Å².